The number of hydrogen-bond acceptors (Lipinski definition) is 3. The maximum Gasteiger partial charge on any atom is 0.123 e. The number of benzene rings is 3. The van der Waals surface area contributed by atoms with Crippen molar-refractivity contribution in [2.24, 2.45) is 0 Å². The van der Waals surface area contributed by atoms with Crippen molar-refractivity contribution in [1.82, 2.24) is 9.80 Å². The minimum Gasteiger partial charge on any atom is -0.494 e. The molecule has 1 fully saturated rings. The molecule has 1 aliphatic rings. The fourth-order valence-corrected chi connectivity index (χ4v) is 4.26. The highest BCUT2D eigenvalue weighted by Gasteiger charge is 2.33. The van der Waals surface area contributed by atoms with Crippen LogP contribution in [0.25, 0.3) is 0 Å². The molecule has 3 aromatic rings. The van der Waals surface area contributed by atoms with E-state index < -0.39 is 0 Å². The number of hydrogen-bond donors (Lipinski definition) is 0. The van der Waals surface area contributed by atoms with Crippen LogP contribution in [-0.4, -0.2) is 29.5 Å². The third-order valence-electron chi connectivity index (χ3n) is 5.62. The zero-order valence-electron chi connectivity index (χ0n) is 17.7. The number of rotatable bonds is 7. The Hall–Kier alpha value is -2.69. The number of nitrogens with zero attached hydrogens (tertiary/aromatic N) is 2. The summed E-state index contributed by atoms with van der Waals surface area (Å²) >= 11 is 0. The Bertz CT molecular complexity index is 956. The number of halogens is 1. The lowest BCUT2D eigenvalue weighted by Crippen LogP contribution is -2.30. The van der Waals surface area contributed by atoms with Gasteiger partial charge < -0.3 is 4.74 Å². The molecular formula is C26H29FN2O. The quantitative estimate of drug-likeness (QED) is 0.513. The molecule has 156 valence electrons. The van der Waals surface area contributed by atoms with Crippen LogP contribution in [0.1, 0.15) is 35.3 Å². The average molecular weight is 405 g/mol. The Morgan fingerprint density at radius 3 is 2.17 bits per heavy atom. The van der Waals surface area contributed by atoms with E-state index in [-0.39, 0.29) is 12.0 Å². The van der Waals surface area contributed by atoms with E-state index in [1.165, 1.54) is 16.7 Å². The van der Waals surface area contributed by atoms with Crippen molar-refractivity contribution >= 4 is 0 Å². The Labute approximate surface area is 178 Å². The number of aryl methyl sites for hydroxylation is 1. The van der Waals surface area contributed by atoms with E-state index in [0.29, 0.717) is 6.61 Å². The monoisotopic (exact) mass is 404 g/mol. The van der Waals surface area contributed by atoms with E-state index in [1.54, 1.807) is 12.1 Å². The first-order chi connectivity index (χ1) is 14.6. The molecule has 4 rings (SSSR count). The molecule has 3 nitrogen and oxygen atoms in total. The molecular weight excluding hydrogens is 375 g/mol. The van der Waals surface area contributed by atoms with Gasteiger partial charge in [-0.25, -0.2) is 4.39 Å². The Morgan fingerprint density at radius 2 is 1.53 bits per heavy atom. The Kier molecular flexibility index (Phi) is 6.46. The second-order valence-electron chi connectivity index (χ2n) is 7.93. The summed E-state index contributed by atoms with van der Waals surface area (Å²) in [4.78, 5) is 4.95. The van der Waals surface area contributed by atoms with Gasteiger partial charge in [-0.3, -0.25) is 9.80 Å². The van der Waals surface area contributed by atoms with Gasteiger partial charge in [-0.1, -0.05) is 54.1 Å². The van der Waals surface area contributed by atoms with E-state index in [1.807, 2.05) is 31.2 Å². The van der Waals surface area contributed by atoms with Crippen molar-refractivity contribution < 1.29 is 9.13 Å². The third kappa shape index (κ3) is 4.89. The molecule has 1 saturated heterocycles. The van der Waals surface area contributed by atoms with Gasteiger partial charge in [-0.2, -0.15) is 0 Å². The van der Waals surface area contributed by atoms with Gasteiger partial charge in [0.15, 0.2) is 0 Å². The molecule has 1 heterocycles. The molecule has 1 aliphatic heterocycles. The largest absolute Gasteiger partial charge is 0.494 e. The van der Waals surface area contributed by atoms with Crippen molar-refractivity contribution in [2.75, 3.05) is 19.7 Å². The number of ether oxygens (including phenoxy) is 1. The second kappa shape index (κ2) is 9.41. The maximum absolute atomic E-state index is 13.6. The van der Waals surface area contributed by atoms with Crippen LogP contribution in [0.2, 0.25) is 0 Å². The molecule has 1 atom stereocenters. The van der Waals surface area contributed by atoms with Crippen molar-refractivity contribution in [3.8, 4) is 5.75 Å². The van der Waals surface area contributed by atoms with Gasteiger partial charge in [-0.05, 0) is 54.8 Å². The lowest BCUT2D eigenvalue weighted by molar-refractivity contribution is 0.125. The van der Waals surface area contributed by atoms with E-state index in [9.17, 15) is 4.39 Å². The fraction of sp³-hybridized carbons (Fsp3) is 0.308. The van der Waals surface area contributed by atoms with Crippen LogP contribution in [0, 0.1) is 12.7 Å². The van der Waals surface area contributed by atoms with E-state index >= 15 is 0 Å². The van der Waals surface area contributed by atoms with Crippen LogP contribution in [0.3, 0.4) is 0 Å². The highest BCUT2D eigenvalue weighted by Crippen LogP contribution is 2.33. The zero-order chi connectivity index (χ0) is 20.9. The summed E-state index contributed by atoms with van der Waals surface area (Å²) in [7, 11) is 0. The van der Waals surface area contributed by atoms with Crippen molar-refractivity contribution in [3.05, 3.63) is 101 Å². The van der Waals surface area contributed by atoms with Crippen LogP contribution in [-0.2, 0) is 13.1 Å². The molecule has 0 saturated carbocycles. The Balaban J connectivity index is 1.56. The molecule has 0 aliphatic carbocycles. The summed E-state index contributed by atoms with van der Waals surface area (Å²) in [6.45, 7) is 8.47. The van der Waals surface area contributed by atoms with Crippen molar-refractivity contribution in [2.45, 2.75) is 33.1 Å². The van der Waals surface area contributed by atoms with Gasteiger partial charge in [0.2, 0.25) is 0 Å². The zero-order valence-corrected chi connectivity index (χ0v) is 17.7. The Morgan fingerprint density at radius 1 is 0.867 bits per heavy atom. The molecule has 3 aromatic carbocycles. The fourth-order valence-electron chi connectivity index (χ4n) is 4.26. The minimum atomic E-state index is -0.194. The molecule has 0 spiro atoms. The summed E-state index contributed by atoms with van der Waals surface area (Å²) in [5, 5.41) is 0. The van der Waals surface area contributed by atoms with Crippen molar-refractivity contribution in [3.63, 3.8) is 0 Å². The molecule has 0 radical (unpaired) electrons. The van der Waals surface area contributed by atoms with Gasteiger partial charge in [0.05, 0.1) is 12.8 Å². The van der Waals surface area contributed by atoms with Crippen LogP contribution in [0.5, 0.6) is 5.75 Å². The average Bonchev–Trinajstić information content (AvgIpc) is 3.12. The van der Waals surface area contributed by atoms with Gasteiger partial charge in [0.25, 0.3) is 0 Å². The molecule has 0 amide bonds. The summed E-state index contributed by atoms with van der Waals surface area (Å²) in [5.74, 6) is 0.707. The molecule has 4 heteroatoms. The second-order valence-corrected chi connectivity index (χ2v) is 7.93. The normalized spacial score (nSPS) is 17.4. The summed E-state index contributed by atoms with van der Waals surface area (Å²) < 4.78 is 19.1. The first-order valence-corrected chi connectivity index (χ1v) is 10.6. The van der Waals surface area contributed by atoms with Gasteiger partial charge in [-0.15, -0.1) is 0 Å². The predicted molar refractivity (Wildman–Crippen MR) is 119 cm³/mol. The van der Waals surface area contributed by atoms with Crippen LogP contribution in [0.15, 0.2) is 72.8 Å². The molecule has 0 aromatic heterocycles. The third-order valence-corrected chi connectivity index (χ3v) is 5.62. The van der Waals surface area contributed by atoms with E-state index in [4.69, 9.17) is 4.74 Å². The van der Waals surface area contributed by atoms with Crippen LogP contribution in [0.4, 0.5) is 4.39 Å². The van der Waals surface area contributed by atoms with Gasteiger partial charge >= 0.3 is 0 Å². The van der Waals surface area contributed by atoms with Crippen LogP contribution >= 0.6 is 0 Å². The highest BCUT2D eigenvalue weighted by atomic mass is 19.1. The smallest absolute Gasteiger partial charge is 0.123 e. The summed E-state index contributed by atoms with van der Waals surface area (Å²) in [5.41, 5.74) is 4.97. The highest BCUT2D eigenvalue weighted by molar-refractivity contribution is 5.28. The van der Waals surface area contributed by atoms with E-state index in [2.05, 4.69) is 53.1 Å². The topological polar surface area (TPSA) is 15.7 Å². The molecule has 0 bridgehead atoms. The lowest BCUT2D eigenvalue weighted by Gasteiger charge is -2.31. The SMILES string of the molecule is CCOc1ccc(CN2CCN(Cc3cccc(C)c3)C2c2ccc(F)cc2)cc1. The van der Waals surface area contributed by atoms with Crippen LogP contribution < -0.4 is 4.74 Å². The van der Waals surface area contributed by atoms with E-state index in [0.717, 1.165) is 37.5 Å². The summed E-state index contributed by atoms with van der Waals surface area (Å²) in [6, 6.07) is 24.0. The first kappa shape index (κ1) is 20.6. The minimum absolute atomic E-state index is 0.123. The lowest BCUT2D eigenvalue weighted by atomic mass is 10.1. The standard InChI is InChI=1S/C26H29FN2O/c1-3-30-25-13-7-21(8-14-25)18-28-15-16-29(19-22-6-4-5-20(2)17-22)26(28)23-9-11-24(27)12-10-23/h4-14,17,26H,3,15-16,18-19H2,1-2H3. The van der Waals surface area contributed by atoms with Crippen molar-refractivity contribution in [1.29, 1.82) is 0 Å². The molecule has 1 unspecified atom stereocenters. The molecule has 0 N–H and O–H groups in total. The molecule has 30 heavy (non-hydrogen) atoms. The first-order valence-electron chi connectivity index (χ1n) is 10.6. The maximum atomic E-state index is 13.6. The van der Waals surface area contributed by atoms with Gasteiger partial charge in [0, 0.05) is 26.2 Å². The van der Waals surface area contributed by atoms with Gasteiger partial charge in [0.1, 0.15) is 11.6 Å². The predicted octanol–water partition coefficient (Wildman–Crippen LogP) is 5.55. The summed E-state index contributed by atoms with van der Waals surface area (Å²) in [6.07, 6.45) is 0.123.